The molecule has 2 aliphatic heterocycles. The van der Waals surface area contributed by atoms with Gasteiger partial charge in [0.05, 0.1) is 0 Å². The molecule has 1 fully saturated rings. The fourth-order valence-electron chi connectivity index (χ4n) is 3.90. The van der Waals surface area contributed by atoms with Gasteiger partial charge in [-0.05, 0) is 25.3 Å². The highest BCUT2D eigenvalue weighted by molar-refractivity contribution is 5.92. The van der Waals surface area contributed by atoms with E-state index in [-0.39, 0.29) is 17.4 Å². The second kappa shape index (κ2) is 5.89. The van der Waals surface area contributed by atoms with Crippen LogP contribution in [0.4, 0.5) is 0 Å². The average molecular weight is 327 g/mol. The molecule has 0 N–H and O–H groups in total. The third-order valence-corrected chi connectivity index (χ3v) is 5.08. The minimum absolute atomic E-state index is 0.0118. The van der Waals surface area contributed by atoms with Crippen LogP contribution in [0.15, 0.2) is 23.1 Å². The number of aryl methyl sites for hydroxylation is 2. The lowest BCUT2D eigenvalue weighted by molar-refractivity contribution is 0.0693. The third-order valence-electron chi connectivity index (χ3n) is 5.08. The summed E-state index contributed by atoms with van der Waals surface area (Å²) in [6.45, 7) is 2.32. The van der Waals surface area contributed by atoms with Gasteiger partial charge in [0, 0.05) is 57.0 Å². The van der Waals surface area contributed by atoms with Crippen molar-refractivity contribution in [2.75, 3.05) is 13.1 Å². The maximum atomic E-state index is 12.7. The number of piperidine rings is 1. The number of fused-ring (bicyclic) bond motifs is 1. The number of nitrogens with zero attached hydrogens (tertiary/aromatic N) is 5. The topological polar surface area (TPSA) is 73.0 Å². The molecule has 2 aromatic rings. The minimum Gasteiger partial charge on any atom is -0.337 e. The standard InChI is InChI=1S/C17H21N5O2/c1-20-13(6-7-18-20)17(24)21-8-2-4-12(11-21)14-10-16(23)19-15-5-3-9-22(14)15/h6-7,10,12H,2-5,8-9,11H2,1H3. The maximum Gasteiger partial charge on any atom is 0.273 e. The van der Waals surface area contributed by atoms with Crippen molar-refractivity contribution in [1.29, 1.82) is 0 Å². The summed E-state index contributed by atoms with van der Waals surface area (Å²) in [6.07, 6.45) is 5.49. The van der Waals surface area contributed by atoms with Crippen LogP contribution in [0.3, 0.4) is 0 Å². The van der Waals surface area contributed by atoms with Crippen molar-refractivity contribution < 1.29 is 4.79 Å². The Morgan fingerprint density at radius 3 is 2.96 bits per heavy atom. The Kier molecular flexibility index (Phi) is 3.70. The number of hydrogen-bond acceptors (Lipinski definition) is 4. The number of carbonyl (C=O) groups excluding carboxylic acids is 1. The van der Waals surface area contributed by atoms with E-state index < -0.39 is 0 Å². The van der Waals surface area contributed by atoms with Gasteiger partial charge in [0.2, 0.25) is 0 Å². The average Bonchev–Trinajstić information content (AvgIpc) is 3.22. The zero-order chi connectivity index (χ0) is 16.7. The molecule has 2 aliphatic rings. The third kappa shape index (κ3) is 2.53. The molecule has 7 nitrogen and oxygen atoms in total. The molecule has 0 aromatic carbocycles. The van der Waals surface area contributed by atoms with E-state index in [1.54, 1.807) is 30.1 Å². The van der Waals surface area contributed by atoms with Crippen molar-refractivity contribution in [3.8, 4) is 0 Å². The second-order valence-electron chi connectivity index (χ2n) is 6.62. The summed E-state index contributed by atoms with van der Waals surface area (Å²) in [5.74, 6) is 1.11. The molecule has 0 aliphatic carbocycles. The summed E-state index contributed by atoms with van der Waals surface area (Å²) in [4.78, 5) is 30.7. The lowest BCUT2D eigenvalue weighted by Gasteiger charge is -2.33. The number of amides is 1. The molecular formula is C17H21N5O2. The summed E-state index contributed by atoms with van der Waals surface area (Å²) in [7, 11) is 1.78. The van der Waals surface area contributed by atoms with E-state index in [2.05, 4.69) is 14.6 Å². The monoisotopic (exact) mass is 327 g/mol. The minimum atomic E-state index is -0.159. The van der Waals surface area contributed by atoms with Crippen LogP contribution < -0.4 is 5.56 Å². The zero-order valence-electron chi connectivity index (χ0n) is 13.8. The quantitative estimate of drug-likeness (QED) is 0.823. The van der Waals surface area contributed by atoms with Crippen LogP contribution in [0.2, 0.25) is 0 Å². The van der Waals surface area contributed by atoms with Gasteiger partial charge in [0.15, 0.2) is 0 Å². The van der Waals surface area contributed by atoms with Crippen molar-refractivity contribution in [3.05, 3.63) is 45.9 Å². The molecule has 7 heteroatoms. The lowest BCUT2D eigenvalue weighted by Crippen LogP contribution is -2.40. The molecule has 2 aromatic heterocycles. The summed E-state index contributed by atoms with van der Waals surface area (Å²) in [5, 5.41) is 4.08. The van der Waals surface area contributed by atoms with Crippen LogP contribution in [0.5, 0.6) is 0 Å². The van der Waals surface area contributed by atoms with Crippen molar-refractivity contribution in [1.82, 2.24) is 24.2 Å². The zero-order valence-corrected chi connectivity index (χ0v) is 13.8. The van der Waals surface area contributed by atoms with Gasteiger partial charge in [-0.15, -0.1) is 0 Å². The molecule has 1 saturated heterocycles. The van der Waals surface area contributed by atoms with E-state index in [9.17, 15) is 9.59 Å². The molecule has 0 bridgehead atoms. The normalized spacial score (nSPS) is 20.2. The van der Waals surface area contributed by atoms with E-state index in [1.807, 2.05) is 4.90 Å². The SMILES string of the molecule is Cn1nccc1C(=O)N1CCCC(c2cc(=O)nc3n2CCC3)C1. The first-order valence-corrected chi connectivity index (χ1v) is 8.51. The fourth-order valence-corrected chi connectivity index (χ4v) is 3.90. The molecule has 4 rings (SSSR count). The molecule has 1 amide bonds. The van der Waals surface area contributed by atoms with Gasteiger partial charge in [-0.2, -0.15) is 10.1 Å². The highest BCUT2D eigenvalue weighted by Gasteiger charge is 2.29. The Morgan fingerprint density at radius 1 is 1.29 bits per heavy atom. The Balaban J connectivity index is 1.61. The van der Waals surface area contributed by atoms with E-state index in [0.717, 1.165) is 50.3 Å². The van der Waals surface area contributed by atoms with Crippen molar-refractivity contribution in [2.24, 2.45) is 7.05 Å². The Hall–Kier alpha value is -2.44. The van der Waals surface area contributed by atoms with Gasteiger partial charge < -0.3 is 9.47 Å². The number of rotatable bonds is 2. The van der Waals surface area contributed by atoms with Crippen LogP contribution in [0.25, 0.3) is 0 Å². The molecule has 24 heavy (non-hydrogen) atoms. The van der Waals surface area contributed by atoms with Crippen LogP contribution in [0.1, 0.15) is 47.2 Å². The smallest absolute Gasteiger partial charge is 0.273 e. The fraction of sp³-hybridized carbons (Fsp3) is 0.529. The predicted molar refractivity (Wildman–Crippen MR) is 87.9 cm³/mol. The van der Waals surface area contributed by atoms with Gasteiger partial charge >= 0.3 is 0 Å². The number of carbonyl (C=O) groups is 1. The maximum absolute atomic E-state index is 12.7. The van der Waals surface area contributed by atoms with Crippen molar-refractivity contribution in [3.63, 3.8) is 0 Å². The summed E-state index contributed by atoms with van der Waals surface area (Å²) in [6, 6.07) is 3.41. The summed E-state index contributed by atoms with van der Waals surface area (Å²) in [5.41, 5.74) is 1.49. The van der Waals surface area contributed by atoms with E-state index in [1.165, 1.54) is 0 Å². The molecule has 1 atom stereocenters. The van der Waals surface area contributed by atoms with Crippen LogP contribution in [-0.2, 0) is 20.0 Å². The first kappa shape index (κ1) is 15.1. The first-order valence-electron chi connectivity index (χ1n) is 8.51. The molecular weight excluding hydrogens is 306 g/mol. The molecule has 0 spiro atoms. The second-order valence-corrected chi connectivity index (χ2v) is 6.62. The van der Waals surface area contributed by atoms with Gasteiger partial charge in [-0.1, -0.05) is 0 Å². The Bertz CT molecular complexity index is 838. The van der Waals surface area contributed by atoms with Gasteiger partial charge in [0.25, 0.3) is 11.5 Å². The molecule has 0 radical (unpaired) electrons. The van der Waals surface area contributed by atoms with Crippen LogP contribution >= 0.6 is 0 Å². The molecule has 4 heterocycles. The van der Waals surface area contributed by atoms with Crippen molar-refractivity contribution in [2.45, 2.75) is 38.1 Å². The predicted octanol–water partition coefficient (Wildman–Crippen LogP) is 0.943. The Morgan fingerprint density at radius 2 is 2.17 bits per heavy atom. The largest absolute Gasteiger partial charge is 0.337 e. The van der Waals surface area contributed by atoms with Gasteiger partial charge in [0.1, 0.15) is 11.5 Å². The summed E-state index contributed by atoms with van der Waals surface area (Å²) < 4.78 is 3.80. The number of likely N-dealkylation sites (tertiary alicyclic amines) is 1. The highest BCUT2D eigenvalue weighted by Crippen LogP contribution is 2.29. The number of hydrogen-bond donors (Lipinski definition) is 0. The molecule has 0 saturated carbocycles. The molecule has 126 valence electrons. The van der Waals surface area contributed by atoms with Crippen molar-refractivity contribution >= 4 is 5.91 Å². The summed E-state index contributed by atoms with van der Waals surface area (Å²) >= 11 is 0. The number of aromatic nitrogens is 4. The van der Waals surface area contributed by atoms with E-state index in [0.29, 0.717) is 12.2 Å². The van der Waals surface area contributed by atoms with E-state index >= 15 is 0 Å². The molecule has 1 unspecified atom stereocenters. The van der Waals surface area contributed by atoms with Gasteiger partial charge in [-0.3, -0.25) is 14.3 Å². The Labute approximate surface area is 139 Å². The first-order chi connectivity index (χ1) is 11.6. The van der Waals surface area contributed by atoms with Crippen LogP contribution in [-0.4, -0.2) is 43.2 Å². The van der Waals surface area contributed by atoms with E-state index in [4.69, 9.17) is 0 Å². The van der Waals surface area contributed by atoms with Gasteiger partial charge in [-0.25, -0.2) is 0 Å². The highest BCUT2D eigenvalue weighted by atomic mass is 16.2. The van der Waals surface area contributed by atoms with Crippen LogP contribution in [0, 0.1) is 0 Å². The lowest BCUT2D eigenvalue weighted by atomic mass is 9.94.